The monoisotopic (exact) mass is 445 g/mol. The van der Waals surface area contributed by atoms with Crippen molar-refractivity contribution in [2.24, 2.45) is 5.92 Å². The Hall–Kier alpha value is -3.69. The molecule has 2 aromatic rings. The molecule has 2 N–H and O–H groups in total. The zero-order valence-corrected chi connectivity index (χ0v) is 18.5. The zero-order valence-electron chi connectivity index (χ0n) is 18.5. The number of carbonyl (C=O) groups excluding carboxylic acids is 3. The minimum Gasteiger partial charge on any atom is -0.493 e. The van der Waals surface area contributed by atoms with Gasteiger partial charge in [0.15, 0.2) is 11.5 Å². The highest BCUT2D eigenvalue weighted by Crippen LogP contribution is 2.42. The lowest BCUT2D eigenvalue weighted by Crippen LogP contribution is -2.46. The van der Waals surface area contributed by atoms with Gasteiger partial charge in [-0.15, -0.1) is 0 Å². The molecule has 2 atom stereocenters. The third-order valence-corrected chi connectivity index (χ3v) is 5.23. The van der Waals surface area contributed by atoms with Crippen molar-refractivity contribution in [1.82, 2.24) is 10.6 Å². The van der Waals surface area contributed by atoms with E-state index in [1.165, 1.54) is 32.5 Å². The number of furan rings is 1. The molecule has 1 aromatic carbocycles. The van der Waals surface area contributed by atoms with E-state index in [1.54, 1.807) is 31.2 Å². The highest BCUT2D eigenvalue weighted by atomic mass is 16.5. The quantitative estimate of drug-likeness (QED) is 0.600. The van der Waals surface area contributed by atoms with E-state index in [0.717, 1.165) is 0 Å². The van der Waals surface area contributed by atoms with Gasteiger partial charge in [0, 0.05) is 25.1 Å². The molecule has 10 nitrogen and oxygen atoms in total. The topological polar surface area (TPSA) is 119 Å². The standard InChI is InChI=1S/C22H27N3O7/c1-13(21(27)23-11-16-6-5-7-32-16)24-22(28)14-8-19(26)25(12-14)15-9-17(29-2)20(31-4)18(10-15)30-3/h5-7,9-10,13-14H,8,11-12H2,1-4H3,(H,23,27)(H,24,28)/t13-,14+/m1/s1. The molecule has 32 heavy (non-hydrogen) atoms. The molecule has 3 amide bonds. The van der Waals surface area contributed by atoms with E-state index in [2.05, 4.69) is 10.6 Å². The summed E-state index contributed by atoms with van der Waals surface area (Å²) in [5.41, 5.74) is 0.532. The molecule has 0 bridgehead atoms. The molecule has 10 heteroatoms. The minimum atomic E-state index is -0.761. The van der Waals surface area contributed by atoms with Crippen LogP contribution in [0.4, 0.5) is 5.69 Å². The van der Waals surface area contributed by atoms with Crippen LogP contribution >= 0.6 is 0 Å². The maximum Gasteiger partial charge on any atom is 0.242 e. The number of methoxy groups -OCH3 is 3. The van der Waals surface area contributed by atoms with Crippen LogP contribution in [-0.2, 0) is 20.9 Å². The molecule has 1 aromatic heterocycles. The smallest absolute Gasteiger partial charge is 0.242 e. The number of ether oxygens (including phenoxy) is 3. The molecule has 1 fully saturated rings. The summed E-state index contributed by atoms with van der Waals surface area (Å²) in [5, 5.41) is 5.37. The maximum atomic E-state index is 12.7. The fourth-order valence-corrected chi connectivity index (χ4v) is 3.49. The van der Waals surface area contributed by atoms with E-state index < -0.39 is 12.0 Å². The van der Waals surface area contributed by atoms with E-state index in [0.29, 0.717) is 28.7 Å². The highest BCUT2D eigenvalue weighted by molar-refractivity contribution is 6.01. The molecule has 0 aliphatic carbocycles. The van der Waals surface area contributed by atoms with Crippen LogP contribution in [-0.4, -0.2) is 51.6 Å². The molecule has 0 radical (unpaired) electrons. The predicted octanol–water partition coefficient (Wildman–Crippen LogP) is 1.48. The number of rotatable bonds is 9. The van der Waals surface area contributed by atoms with Crippen molar-refractivity contribution < 1.29 is 33.0 Å². The molecule has 2 heterocycles. The van der Waals surface area contributed by atoms with Gasteiger partial charge in [-0.25, -0.2) is 0 Å². The average Bonchev–Trinajstić information content (AvgIpc) is 3.45. The maximum absolute atomic E-state index is 12.7. The zero-order chi connectivity index (χ0) is 23.3. The van der Waals surface area contributed by atoms with Gasteiger partial charge < -0.3 is 34.2 Å². The number of hydrogen-bond donors (Lipinski definition) is 2. The summed E-state index contributed by atoms with van der Waals surface area (Å²) < 4.78 is 21.2. The van der Waals surface area contributed by atoms with Crippen LogP contribution in [0.2, 0.25) is 0 Å². The van der Waals surface area contributed by atoms with Gasteiger partial charge in [-0.2, -0.15) is 0 Å². The van der Waals surface area contributed by atoms with Gasteiger partial charge in [-0.1, -0.05) is 0 Å². The molecular formula is C22H27N3O7. The first-order valence-electron chi connectivity index (χ1n) is 10.1. The number of nitrogens with one attached hydrogen (secondary N) is 2. The number of anilines is 1. The van der Waals surface area contributed by atoms with E-state index in [1.807, 2.05) is 0 Å². The van der Waals surface area contributed by atoms with Gasteiger partial charge in [0.1, 0.15) is 11.8 Å². The molecule has 1 aliphatic heterocycles. The molecular weight excluding hydrogens is 418 g/mol. The summed E-state index contributed by atoms with van der Waals surface area (Å²) in [5.74, 6) is 0.313. The van der Waals surface area contributed by atoms with Crippen molar-refractivity contribution >= 4 is 23.4 Å². The number of hydrogen-bond acceptors (Lipinski definition) is 7. The summed E-state index contributed by atoms with van der Waals surface area (Å²) in [7, 11) is 4.47. The Morgan fingerprint density at radius 2 is 1.88 bits per heavy atom. The number of benzene rings is 1. The van der Waals surface area contributed by atoms with Crippen molar-refractivity contribution in [2.45, 2.75) is 25.9 Å². The second kappa shape index (κ2) is 10.1. The van der Waals surface area contributed by atoms with Crippen LogP contribution in [0.5, 0.6) is 17.2 Å². The van der Waals surface area contributed by atoms with E-state index >= 15 is 0 Å². The van der Waals surface area contributed by atoms with Crippen LogP contribution in [0, 0.1) is 5.92 Å². The van der Waals surface area contributed by atoms with Crippen LogP contribution in [0.15, 0.2) is 34.9 Å². The molecule has 0 spiro atoms. The first kappa shape index (κ1) is 23.0. The second-order valence-corrected chi connectivity index (χ2v) is 7.32. The number of amides is 3. The third-order valence-electron chi connectivity index (χ3n) is 5.23. The van der Waals surface area contributed by atoms with E-state index in [-0.39, 0.29) is 37.2 Å². The minimum absolute atomic E-state index is 0.0310. The van der Waals surface area contributed by atoms with Gasteiger partial charge >= 0.3 is 0 Å². The fraction of sp³-hybridized carbons (Fsp3) is 0.409. The Balaban J connectivity index is 1.63. The molecule has 1 aliphatic rings. The Kier molecular flexibility index (Phi) is 7.24. The van der Waals surface area contributed by atoms with Crippen LogP contribution in [0.3, 0.4) is 0 Å². The first-order chi connectivity index (χ1) is 15.4. The SMILES string of the molecule is COc1cc(N2C[C@@H](C(=O)N[C@H](C)C(=O)NCc3ccco3)CC2=O)cc(OC)c1OC. The van der Waals surface area contributed by atoms with Crippen LogP contribution < -0.4 is 29.7 Å². The summed E-state index contributed by atoms with van der Waals surface area (Å²) in [6, 6.07) is 6.02. The Morgan fingerprint density at radius 1 is 1.19 bits per heavy atom. The summed E-state index contributed by atoms with van der Waals surface area (Å²) in [6.07, 6.45) is 1.55. The lowest BCUT2D eigenvalue weighted by molar-refractivity contribution is -0.131. The molecule has 172 valence electrons. The van der Waals surface area contributed by atoms with Crippen molar-refractivity contribution in [3.05, 3.63) is 36.3 Å². The summed E-state index contributed by atoms with van der Waals surface area (Å²) in [4.78, 5) is 39.1. The number of nitrogens with zero attached hydrogens (tertiary/aromatic N) is 1. The predicted molar refractivity (Wildman–Crippen MR) is 115 cm³/mol. The van der Waals surface area contributed by atoms with Gasteiger partial charge in [0.25, 0.3) is 0 Å². The van der Waals surface area contributed by atoms with Crippen LogP contribution in [0.1, 0.15) is 19.1 Å². The Morgan fingerprint density at radius 3 is 2.44 bits per heavy atom. The van der Waals surface area contributed by atoms with Crippen molar-refractivity contribution in [3.63, 3.8) is 0 Å². The molecule has 1 saturated heterocycles. The van der Waals surface area contributed by atoms with E-state index in [9.17, 15) is 14.4 Å². The van der Waals surface area contributed by atoms with Crippen molar-refractivity contribution in [2.75, 3.05) is 32.8 Å². The average molecular weight is 445 g/mol. The van der Waals surface area contributed by atoms with Gasteiger partial charge in [-0.05, 0) is 19.1 Å². The third kappa shape index (κ3) is 4.96. The molecule has 0 unspecified atom stereocenters. The summed E-state index contributed by atoms with van der Waals surface area (Å²) >= 11 is 0. The van der Waals surface area contributed by atoms with Crippen molar-refractivity contribution in [1.29, 1.82) is 0 Å². The first-order valence-corrected chi connectivity index (χ1v) is 10.1. The van der Waals surface area contributed by atoms with Gasteiger partial charge in [0.05, 0.1) is 45.7 Å². The largest absolute Gasteiger partial charge is 0.493 e. The highest BCUT2D eigenvalue weighted by Gasteiger charge is 2.36. The Bertz CT molecular complexity index is 949. The van der Waals surface area contributed by atoms with Gasteiger partial charge in [-0.3, -0.25) is 14.4 Å². The lowest BCUT2D eigenvalue weighted by atomic mass is 10.1. The molecule has 0 saturated carbocycles. The van der Waals surface area contributed by atoms with Crippen molar-refractivity contribution in [3.8, 4) is 17.2 Å². The van der Waals surface area contributed by atoms with E-state index in [4.69, 9.17) is 18.6 Å². The van der Waals surface area contributed by atoms with Gasteiger partial charge in [0.2, 0.25) is 23.5 Å². The summed E-state index contributed by atoms with van der Waals surface area (Å²) in [6.45, 7) is 1.98. The second-order valence-electron chi connectivity index (χ2n) is 7.32. The van der Waals surface area contributed by atoms with Crippen LogP contribution in [0.25, 0.3) is 0 Å². The molecule has 3 rings (SSSR count). The number of carbonyl (C=O) groups is 3. The normalized spacial score (nSPS) is 16.4. The lowest BCUT2D eigenvalue weighted by Gasteiger charge is -2.21. The fourth-order valence-electron chi connectivity index (χ4n) is 3.49. The Labute approximate surface area is 185 Å².